The number of nitrogens with zero attached hydrogens (tertiary/aromatic N) is 2. The Morgan fingerprint density at radius 3 is 2.32 bits per heavy atom. The van der Waals surface area contributed by atoms with Crippen LogP contribution in [0.4, 0.5) is 0 Å². The molecule has 0 bridgehead atoms. The number of hydrogen-bond donors (Lipinski definition) is 1. The lowest BCUT2D eigenvalue weighted by molar-refractivity contribution is -0.198. The number of rotatable bonds is 5. The molecule has 2 aliphatic heterocycles. The molecular formula is C18H33N3O4. The number of morpholine rings is 1. The number of carbonyl (C=O) groups is 2. The van der Waals surface area contributed by atoms with Gasteiger partial charge in [0.05, 0.1) is 6.61 Å². The van der Waals surface area contributed by atoms with Gasteiger partial charge in [-0.25, -0.2) is 4.79 Å². The molecular weight excluding hydrogens is 322 g/mol. The van der Waals surface area contributed by atoms with E-state index in [2.05, 4.69) is 4.90 Å². The van der Waals surface area contributed by atoms with Crippen molar-refractivity contribution in [2.24, 2.45) is 5.73 Å². The molecule has 0 aromatic carbocycles. The average molecular weight is 355 g/mol. The van der Waals surface area contributed by atoms with Crippen molar-refractivity contribution in [1.29, 1.82) is 0 Å². The van der Waals surface area contributed by atoms with Gasteiger partial charge < -0.3 is 15.2 Å². The SMILES string of the molecule is CC(=O)C(N1CCCCC1)N1CCOC(CN)(C(=O)OC(C)(C)C)C1. The minimum absolute atomic E-state index is 0.0308. The number of ketones is 1. The van der Waals surface area contributed by atoms with Crippen LogP contribution in [-0.4, -0.2) is 78.3 Å². The highest BCUT2D eigenvalue weighted by Crippen LogP contribution is 2.25. The number of likely N-dealkylation sites (tertiary alicyclic amines) is 1. The second-order valence-corrected chi connectivity index (χ2v) is 8.10. The van der Waals surface area contributed by atoms with Gasteiger partial charge in [0, 0.05) is 32.7 Å². The molecule has 2 unspecified atom stereocenters. The first-order chi connectivity index (χ1) is 11.7. The molecule has 0 spiro atoms. The highest BCUT2D eigenvalue weighted by Gasteiger charge is 2.48. The van der Waals surface area contributed by atoms with E-state index in [4.69, 9.17) is 15.2 Å². The molecule has 7 heteroatoms. The average Bonchev–Trinajstić information content (AvgIpc) is 2.54. The van der Waals surface area contributed by atoms with E-state index in [1.54, 1.807) is 6.92 Å². The molecule has 2 N–H and O–H groups in total. The molecule has 0 saturated carbocycles. The van der Waals surface area contributed by atoms with E-state index in [1.807, 2.05) is 25.7 Å². The topological polar surface area (TPSA) is 85.1 Å². The maximum Gasteiger partial charge on any atom is 0.341 e. The Morgan fingerprint density at radius 1 is 1.16 bits per heavy atom. The van der Waals surface area contributed by atoms with E-state index in [0.717, 1.165) is 25.9 Å². The van der Waals surface area contributed by atoms with Crippen molar-refractivity contribution in [1.82, 2.24) is 9.80 Å². The van der Waals surface area contributed by atoms with Crippen LogP contribution in [-0.2, 0) is 19.1 Å². The summed E-state index contributed by atoms with van der Waals surface area (Å²) in [5, 5.41) is 0. The first kappa shape index (κ1) is 20.3. The highest BCUT2D eigenvalue weighted by atomic mass is 16.6. The van der Waals surface area contributed by atoms with Gasteiger partial charge in [0.25, 0.3) is 0 Å². The van der Waals surface area contributed by atoms with Crippen molar-refractivity contribution in [3.05, 3.63) is 0 Å². The van der Waals surface area contributed by atoms with Crippen molar-refractivity contribution >= 4 is 11.8 Å². The van der Waals surface area contributed by atoms with Crippen molar-refractivity contribution < 1.29 is 19.1 Å². The molecule has 0 amide bonds. The van der Waals surface area contributed by atoms with E-state index in [-0.39, 0.29) is 25.0 Å². The predicted octanol–water partition coefficient (Wildman–Crippen LogP) is 0.759. The zero-order chi connectivity index (χ0) is 18.7. The van der Waals surface area contributed by atoms with Crippen LogP contribution in [0.3, 0.4) is 0 Å². The van der Waals surface area contributed by atoms with Crippen molar-refractivity contribution in [2.75, 3.05) is 39.3 Å². The van der Waals surface area contributed by atoms with Crippen LogP contribution in [0.5, 0.6) is 0 Å². The van der Waals surface area contributed by atoms with Gasteiger partial charge in [-0.2, -0.15) is 0 Å². The van der Waals surface area contributed by atoms with Gasteiger partial charge in [-0.1, -0.05) is 6.42 Å². The lowest BCUT2D eigenvalue weighted by Crippen LogP contribution is -2.66. The molecule has 2 saturated heterocycles. The standard InChI is InChI=1S/C18H33N3O4/c1-14(22)15(20-8-6-5-7-9-20)21-10-11-24-18(12-19,13-21)16(23)25-17(2,3)4/h15H,5-13,19H2,1-4H3. The molecule has 2 fully saturated rings. The summed E-state index contributed by atoms with van der Waals surface area (Å²) in [7, 11) is 0. The summed E-state index contributed by atoms with van der Waals surface area (Å²) in [6, 6.07) is 0. The number of piperidine rings is 1. The van der Waals surface area contributed by atoms with E-state index in [1.165, 1.54) is 6.42 Å². The molecule has 0 aromatic heterocycles. The quantitative estimate of drug-likeness (QED) is 0.729. The number of carbonyl (C=O) groups excluding carboxylic acids is 2. The van der Waals surface area contributed by atoms with Gasteiger partial charge in [0.15, 0.2) is 11.4 Å². The molecule has 2 atom stereocenters. The summed E-state index contributed by atoms with van der Waals surface area (Å²) in [6.07, 6.45) is 3.08. The lowest BCUT2D eigenvalue weighted by atomic mass is 9.99. The van der Waals surface area contributed by atoms with E-state index in [0.29, 0.717) is 13.2 Å². The Hall–Kier alpha value is -1.02. The smallest absolute Gasteiger partial charge is 0.341 e. The van der Waals surface area contributed by atoms with Crippen LogP contribution in [0.15, 0.2) is 0 Å². The second-order valence-electron chi connectivity index (χ2n) is 8.10. The summed E-state index contributed by atoms with van der Waals surface area (Å²) < 4.78 is 11.3. The largest absolute Gasteiger partial charge is 0.458 e. The molecule has 144 valence electrons. The molecule has 2 aliphatic rings. The second kappa shape index (κ2) is 8.12. The van der Waals surface area contributed by atoms with Gasteiger partial charge >= 0.3 is 5.97 Å². The molecule has 2 rings (SSSR count). The van der Waals surface area contributed by atoms with E-state index >= 15 is 0 Å². The predicted molar refractivity (Wildman–Crippen MR) is 95.0 cm³/mol. The number of Topliss-reactive ketones (excluding diaryl/α,β-unsaturated/α-hetero) is 1. The summed E-state index contributed by atoms with van der Waals surface area (Å²) in [5.74, 6) is -0.355. The summed E-state index contributed by atoms with van der Waals surface area (Å²) in [4.78, 5) is 29.3. The van der Waals surface area contributed by atoms with E-state index in [9.17, 15) is 9.59 Å². The third-order valence-corrected chi connectivity index (χ3v) is 4.76. The molecule has 25 heavy (non-hydrogen) atoms. The summed E-state index contributed by atoms with van der Waals surface area (Å²) in [5.41, 5.74) is 4.10. The Morgan fingerprint density at radius 2 is 1.80 bits per heavy atom. The molecule has 7 nitrogen and oxygen atoms in total. The van der Waals surface area contributed by atoms with Gasteiger partial charge in [-0.3, -0.25) is 14.6 Å². The zero-order valence-electron chi connectivity index (χ0n) is 16.0. The van der Waals surface area contributed by atoms with Gasteiger partial charge in [-0.05, 0) is 40.5 Å². The Bertz CT molecular complexity index is 485. The maximum atomic E-state index is 12.7. The zero-order valence-corrected chi connectivity index (χ0v) is 16.0. The normalized spacial score (nSPS) is 27.7. The van der Waals surface area contributed by atoms with Crippen LogP contribution < -0.4 is 5.73 Å². The van der Waals surface area contributed by atoms with Crippen molar-refractivity contribution in [3.8, 4) is 0 Å². The first-order valence-electron chi connectivity index (χ1n) is 9.24. The van der Waals surface area contributed by atoms with Crippen LogP contribution >= 0.6 is 0 Å². The summed E-state index contributed by atoms with van der Waals surface area (Å²) >= 11 is 0. The van der Waals surface area contributed by atoms with Crippen LogP contribution in [0.1, 0.15) is 47.0 Å². The van der Waals surface area contributed by atoms with E-state index < -0.39 is 17.2 Å². The molecule has 2 heterocycles. The number of esters is 1. The van der Waals surface area contributed by atoms with Crippen LogP contribution in [0, 0.1) is 0 Å². The first-order valence-corrected chi connectivity index (χ1v) is 9.24. The Balaban J connectivity index is 2.18. The molecule has 0 radical (unpaired) electrons. The minimum atomic E-state index is -1.21. The fraction of sp³-hybridized carbons (Fsp3) is 0.889. The summed E-state index contributed by atoms with van der Waals surface area (Å²) in [6.45, 7) is 10.2. The third-order valence-electron chi connectivity index (χ3n) is 4.76. The molecule has 0 aliphatic carbocycles. The Labute approximate surface area is 150 Å². The maximum absolute atomic E-state index is 12.7. The third kappa shape index (κ3) is 5.00. The monoisotopic (exact) mass is 355 g/mol. The number of nitrogens with two attached hydrogens (primary N) is 1. The minimum Gasteiger partial charge on any atom is -0.458 e. The van der Waals surface area contributed by atoms with Gasteiger partial charge in [-0.15, -0.1) is 0 Å². The number of hydrogen-bond acceptors (Lipinski definition) is 7. The van der Waals surface area contributed by atoms with Crippen molar-refractivity contribution in [3.63, 3.8) is 0 Å². The Kier molecular flexibility index (Phi) is 6.59. The van der Waals surface area contributed by atoms with Crippen LogP contribution in [0.25, 0.3) is 0 Å². The fourth-order valence-electron chi connectivity index (χ4n) is 3.63. The van der Waals surface area contributed by atoms with Crippen LogP contribution in [0.2, 0.25) is 0 Å². The van der Waals surface area contributed by atoms with Gasteiger partial charge in [0.2, 0.25) is 0 Å². The van der Waals surface area contributed by atoms with Gasteiger partial charge in [0.1, 0.15) is 11.8 Å². The number of ether oxygens (including phenoxy) is 2. The fourth-order valence-corrected chi connectivity index (χ4v) is 3.63. The highest BCUT2D eigenvalue weighted by molar-refractivity contribution is 5.83. The van der Waals surface area contributed by atoms with Crippen molar-refractivity contribution in [2.45, 2.75) is 64.3 Å². The lowest BCUT2D eigenvalue weighted by Gasteiger charge is -2.47. The molecule has 0 aromatic rings.